The molecule has 0 aromatic rings. The van der Waals surface area contributed by atoms with Gasteiger partial charge >= 0.3 is 5.97 Å². The van der Waals surface area contributed by atoms with Crippen LogP contribution in [-0.4, -0.2) is 34.0 Å². The Kier molecular flexibility index (Phi) is 1.56. The number of hydrogen-bond donors (Lipinski definition) is 1. The van der Waals surface area contributed by atoms with Crippen LogP contribution in [0.5, 0.6) is 0 Å². The molecule has 0 aromatic heterocycles. The Hall–Kier alpha value is -1.06. The van der Waals surface area contributed by atoms with Crippen molar-refractivity contribution in [3.8, 4) is 0 Å². The number of amides is 1. The second-order valence-corrected chi connectivity index (χ2v) is 3.42. The molecule has 2 aliphatic heterocycles. The van der Waals surface area contributed by atoms with Crippen molar-refractivity contribution in [2.24, 2.45) is 0 Å². The fraction of sp³-hybridized carbons (Fsp3) is 0.750. The zero-order chi connectivity index (χ0) is 8.72. The molecule has 4 nitrogen and oxygen atoms in total. The molecule has 0 saturated carbocycles. The van der Waals surface area contributed by atoms with E-state index in [1.807, 2.05) is 0 Å². The number of carbonyl (C=O) groups excluding carboxylic acids is 1. The van der Waals surface area contributed by atoms with E-state index in [4.69, 9.17) is 5.11 Å². The summed E-state index contributed by atoms with van der Waals surface area (Å²) in [5.41, 5.74) is 0. The molecule has 0 aromatic carbocycles. The van der Waals surface area contributed by atoms with E-state index in [1.165, 1.54) is 0 Å². The molecular weight excluding hydrogens is 158 g/mol. The third-order valence-corrected chi connectivity index (χ3v) is 2.77. The molecular formula is C8H11NO3. The van der Waals surface area contributed by atoms with E-state index < -0.39 is 12.0 Å². The van der Waals surface area contributed by atoms with Crippen LogP contribution in [0.1, 0.15) is 25.7 Å². The number of hydrogen-bond acceptors (Lipinski definition) is 2. The molecule has 2 fully saturated rings. The lowest BCUT2D eigenvalue weighted by atomic mass is 10.1. The van der Waals surface area contributed by atoms with Crippen molar-refractivity contribution >= 4 is 11.9 Å². The predicted octanol–water partition coefficient (Wildman–Crippen LogP) is 0.224. The quantitative estimate of drug-likeness (QED) is 0.611. The van der Waals surface area contributed by atoms with Crippen molar-refractivity contribution in [2.45, 2.75) is 37.8 Å². The lowest BCUT2D eigenvalue weighted by Crippen LogP contribution is -2.39. The Morgan fingerprint density at radius 1 is 1.42 bits per heavy atom. The Morgan fingerprint density at radius 2 is 2.17 bits per heavy atom. The molecule has 4 heteroatoms. The van der Waals surface area contributed by atoms with Crippen LogP contribution in [0, 0.1) is 0 Å². The van der Waals surface area contributed by atoms with E-state index in [9.17, 15) is 9.59 Å². The topological polar surface area (TPSA) is 57.6 Å². The average molecular weight is 169 g/mol. The highest BCUT2D eigenvalue weighted by Gasteiger charge is 2.44. The van der Waals surface area contributed by atoms with Gasteiger partial charge in [-0.2, -0.15) is 0 Å². The first kappa shape index (κ1) is 7.58. The van der Waals surface area contributed by atoms with Gasteiger partial charge in [-0.1, -0.05) is 0 Å². The summed E-state index contributed by atoms with van der Waals surface area (Å²) < 4.78 is 0. The van der Waals surface area contributed by atoms with E-state index in [-0.39, 0.29) is 11.9 Å². The molecule has 2 saturated heterocycles. The average Bonchev–Trinajstić information content (AvgIpc) is 2.53. The van der Waals surface area contributed by atoms with Crippen LogP contribution in [-0.2, 0) is 9.59 Å². The lowest BCUT2D eigenvalue weighted by molar-refractivity contribution is -0.147. The number of carbonyl (C=O) groups is 2. The van der Waals surface area contributed by atoms with E-state index >= 15 is 0 Å². The molecule has 2 aliphatic rings. The Balaban J connectivity index is 2.19. The molecule has 0 aliphatic carbocycles. The van der Waals surface area contributed by atoms with Gasteiger partial charge in [0, 0.05) is 12.5 Å². The highest BCUT2D eigenvalue weighted by molar-refractivity contribution is 5.86. The summed E-state index contributed by atoms with van der Waals surface area (Å²) in [5.74, 6) is -0.836. The number of nitrogens with zero attached hydrogens (tertiary/aromatic N) is 1. The highest BCUT2D eigenvalue weighted by atomic mass is 16.4. The van der Waals surface area contributed by atoms with Gasteiger partial charge in [0.2, 0.25) is 5.91 Å². The van der Waals surface area contributed by atoms with Gasteiger partial charge < -0.3 is 10.0 Å². The number of carboxylic acid groups (broad SMARTS) is 1. The second kappa shape index (κ2) is 2.47. The van der Waals surface area contributed by atoms with Gasteiger partial charge in [-0.05, 0) is 19.3 Å². The fourth-order valence-corrected chi connectivity index (χ4v) is 2.21. The molecule has 0 bridgehead atoms. The summed E-state index contributed by atoms with van der Waals surface area (Å²) in [4.78, 5) is 23.5. The van der Waals surface area contributed by atoms with Crippen molar-refractivity contribution in [1.82, 2.24) is 4.90 Å². The van der Waals surface area contributed by atoms with Crippen molar-refractivity contribution in [2.75, 3.05) is 0 Å². The van der Waals surface area contributed by atoms with Gasteiger partial charge in [-0.15, -0.1) is 0 Å². The maximum Gasteiger partial charge on any atom is 0.326 e. The molecule has 0 spiro atoms. The summed E-state index contributed by atoms with van der Waals surface area (Å²) >= 11 is 0. The lowest BCUT2D eigenvalue weighted by Gasteiger charge is -2.20. The van der Waals surface area contributed by atoms with Crippen LogP contribution in [0.4, 0.5) is 0 Å². The van der Waals surface area contributed by atoms with Crippen LogP contribution in [0.3, 0.4) is 0 Å². The molecule has 12 heavy (non-hydrogen) atoms. The van der Waals surface area contributed by atoms with Gasteiger partial charge in [0.25, 0.3) is 0 Å². The molecule has 2 heterocycles. The first-order valence-corrected chi connectivity index (χ1v) is 4.24. The van der Waals surface area contributed by atoms with E-state index in [2.05, 4.69) is 0 Å². The van der Waals surface area contributed by atoms with Gasteiger partial charge in [-0.25, -0.2) is 4.79 Å². The number of fused-ring (bicyclic) bond motifs is 1. The van der Waals surface area contributed by atoms with Crippen LogP contribution >= 0.6 is 0 Å². The van der Waals surface area contributed by atoms with E-state index in [0.717, 1.165) is 12.8 Å². The second-order valence-electron chi connectivity index (χ2n) is 3.42. The molecule has 1 N–H and O–H groups in total. The number of rotatable bonds is 1. The third-order valence-electron chi connectivity index (χ3n) is 2.77. The fourth-order valence-electron chi connectivity index (χ4n) is 2.21. The zero-order valence-corrected chi connectivity index (χ0v) is 6.69. The van der Waals surface area contributed by atoms with Gasteiger partial charge in [0.1, 0.15) is 6.04 Å². The summed E-state index contributed by atoms with van der Waals surface area (Å²) in [7, 11) is 0. The number of carboxylic acids is 1. The Bertz CT molecular complexity index is 238. The molecule has 0 radical (unpaired) electrons. The van der Waals surface area contributed by atoms with Crippen molar-refractivity contribution < 1.29 is 14.7 Å². The highest BCUT2D eigenvalue weighted by Crippen LogP contribution is 2.33. The minimum Gasteiger partial charge on any atom is -0.480 e. The summed E-state index contributed by atoms with van der Waals surface area (Å²) in [6.45, 7) is 0. The van der Waals surface area contributed by atoms with Crippen molar-refractivity contribution in [3.63, 3.8) is 0 Å². The first-order valence-electron chi connectivity index (χ1n) is 4.24. The minimum atomic E-state index is -0.854. The Labute approximate surface area is 70.2 Å². The summed E-state index contributed by atoms with van der Waals surface area (Å²) in [6, 6.07) is -0.316. The maximum absolute atomic E-state index is 11.2. The molecule has 66 valence electrons. The summed E-state index contributed by atoms with van der Waals surface area (Å²) in [5, 5.41) is 8.78. The maximum atomic E-state index is 11.2. The SMILES string of the molecule is O=C(O)[C@@H]1CC[C@@H]2CCC(=O)N21. The van der Waals surface area contributed by atoms with E-state index in [0.29, 0.717) is 12.8 Å². The monoisotopic (exact) mass is 169 g/mol. The molecule has 0 unspecified atom stereocenters. The van der Waals surface area contributed by atoms with Crippen LogP contribution in [0.15, 0.2) is 0 Å². The van der Waals surface area contributed by atoms with Crippen molar-refractivity contribution in [3.05, 3.63) is 0 Å². The van der Waals surface area contributed by atoms with E-state index in [1.54, 1.807) is 4.90 Å². The van der Waals surface area contributed by atoms with Gasteiger partial charge in [0.15, 0.2) is 0 Å². The summed E-state index contributed by atoms with van der Waals surface area (Å²) in [6.07, 6.45) is 2.88. The van der Waals surface area contributed by atoms with Gasteiger partial charge in [0.05, 0.1) is 0 Å². The predicted molar refractivity (Wildman–Crippen MR) is 40.5 cm³/mol. The molecule has 1 amide bonds. The Morgan fingerprint density at radius 3 is 2.83 bits per heavy atom. The van der Waals surface area contributed by atoms with Crippen LogP contribution < -0.4 is 0 Å². The minimum absolute atomic E-state index is 0.0184. The first-order chi connectivity index (χ1) is 5.70. The normalized spacial score (nSPS) is 34.0. The zero-order valence-electron chi connectivity index (χ0n) is 6.69. The van der Waals surface area contributed by atoms with Crippen LogP contribution in [0.25, 0.3) is 0 Å². The third kappa shape index (κ3) is 0.906. The van der Waals surface area contributed by atoms with Crippen molar-refractivity contribution in [1.29, 1.82) is 0 Å². The smallest absolute Gasteiger partial charge is 0.326 e. The standard InChI is InChI=1S/C8H11NO3/c10-7-4-2-5-1-3-6(8(11)12)9(5)7/h5-6H,1-4H2,(H,11,12)/t5-,6+/m1/s1. The largest absolute Gasteiger partial charge is 0.480 e. The molecule has 2 atom stereocenters. The molecule has 2 rings (SSSR count). The number of aliphatic carboxylic acids is 1. The van der Waals surface area contributed by atoms with Gasteiger partial charge in [-0.3, -0.25) is 4.79 Å². The van der Waals surface area contributed by atoms with Crippen LogP contribution in [0.2, 0.25) is 0 Å².